The molecule has 0 aromatic carbocycles. The van der Waals surface area contributed by atoms with Crippen molar-refractivity contribution in [2.75, 3.05) is 5.88 Å². The zero-order valence-electron chi connectivity index (χ0n) is 9.69. The molecule has 2 saturated carbocycles. The molecular formula is C12H21NO2S. The fourth-order valence-electron chi connectivity index (χ4n) is 4.11. The molecule has 1 heterocycles. The van der Waals surface area contributed by atoms with Gasteiger partial charge in [-0.15, -0.1) is 0 Å². The lowest BCUT2D eigenvalue weighted by Crippen LogP contribution is -2.41. The average molecular weight is 243 g/mol. The Hall–Kier alpha value is -0.0900. The van der Waals surface area contributed by atoms with E-state index in [9.17, 15) is 8.42 Å². The van der Waals surface area contributed by atoms with Gasteiger partial charge in [-0.1, -0.05) is 32.1 Å². The Kier molecular flexibility index (Phi) is 2.75. The SMILES string of the molecule is O=S1(=O)CNC2C3CCCCC3CCCC21. The first-order valence-corrected chi connectivity index (χ1v) is 8.35. The monoisotopic (exact) mass is 243 g/mol. The summed E-state index contributed by atoms with van der Waals surface area (Å²) in [5, 5.41) is 3.23. The fraction of sp³-hybridized carbons (Fsp3) is 1.00. The molecular weight excluding hydrogens is 222 g/mol. The van der Waals surface area contributed by atoms with E-state index in [0.29, 0.717) is 5.92 Å². The third kappa shape index (κ3) is 1.70. The quantitative estimate of drug-likeness (QED) is 0.704. The summed E-state index contributed by atoms with van der Waals surface area (Å²) in [7, 11) is -2.83. The van der Waals surface area contributed by atoms with Crippen molar-refractivity contribution in [2.45, 2.75) is 56.2 Å². The van der Waals surface area contributed by atoms with Crippen molar-refractivity contribution in [1.82, 2.24) is 5.32 Å². The van der Waals surface area contributed by atoms with Crippen LogP contribution in [-0.2, 0) is 9.84 Å². The lowest BCUT2D eigenvalue weighted by Gasteiger charge is -2.35. The molecule has 92 valence electrons. The molecule has 16 heavy (non-hydrogen) atoms. The van der Waals surface area contributed by atoms with E-state index in [1.54, 1.807) is 0 Å². The Balaban J connectivity index is 1.89. The molecule has 4 atom stereocenters. The summed E-state index contributed by atoms with van der Waals surface area (Å²) < 4.78 is 23.9. The van der Waals surface area contributed by atoms with Crippen LogP contribution in [0.3, 0.4) is 0 Å². The van der Waals surface area contributed by atoms with Crippen LogP contribution in [0.5, 0.6) is 0 Å². The Morgan fingerprint density at radius 1 is 0.938 bits per heavy atom. The Labute approximate surface area is 97.9 Å². The highest BCUT2D eigenvalue weighted by Gasteiger charge is 2.47. The lowest BCUT2D eigenvalue weighted by molar-refractivity contribution is 0.191. The summed E-state index contributed by atoms with van der Waals surface area (Å²) in [6.07, 6.45) is 8.49. The van der Waals surface area contributed by atoms with Crippen LogP contribution >= 0.6 is 0 Å². The number of fused-ring (bicyclic) bond motifs is 3. The number of sulfone groups is 1. The van der Waals surface area contributed by atoms with Crippen LogP contribution in [0.15, 0.2) is 0 Å². The second-order valence-corrected chi connectivity index (χ2v) is 7.93. The fourth-order valence-corrected chi connectivity index (χ4v) is 6.02. The summed E-state index contributed by atoms with van der Waals surface area (Å²) in [4.78, 5) is 0. The first-order chi connectivity index (χ1) is 7.68. The molecule has 4 unspecified atom stereocenters. The standard InChI is InChI=1S/C12H21NO2S/c14-16(15)8-13-12-10-6-2-1-4-9(10)5-3-7-11(12)16/h9-13H,1-8H2. The van der Waals surface area contributed by atoms with Crippen molar-refractivity contribution < 1.29 is 8.42 Å². The van der Waals surface area contributed by atoms with Crippen LogP contribution in [0.2, 0.25) is 0 Å². The van der Waals surface area contributed by atoms with Crippen molar-refractivity contribution >= 4 is 9.84 Å². The molecule has 3 rings (SSSR count). The van der Waals surface area contributed by atoms with Crippen LogP contribution in [0.25, 0.3) is 0 Å². The minimum absolute atomic E-state index is 0.0689. The van der Waals surface area contributed by atoms with Crippen LogP contribution in [-0.4, -0.2) is 25.6 Å². The zero-order valence-corrected chi connectivity index (χ0v) is 10.5. The maximum Gasteiger partial charge on any atom is 0.167 e. The number of hydrogen-bond donors (Lipinski definition) is 1. The van der Waals surface area contributed by atoms with Gasteiger partial charge in [0.1, 0.15) is 0 Å². The Morgan fingerprint density at radius 3 is 2.56 bits per heavy atom. The molecule has 0 aromatic heterocycles. The first-order valence-electron chi connectivity index (χ1n) is 6.63. The van der Waals surface area contributed by atoms with E-state index in [2.05, 4.69) is 5.32 Å². The lowest BCUT2D eigenvalue weighted by atomic mass is 9.74. The average Bonchev–Trinajstić information content (AvgIpc) is 2.48. The molecule has 1 aliphatic heterocycles. The van der Waals surface area contributed by atoms with Gasteiger partial charge < -0.3 is 0 Å². The minimum atomic E-state index is -2.83. The zero-order chi connectivity index (χ0) is 11.2. The number of rotatable bonds is 0. The van der Waals surface area contributed by atoms with Crippen molar-refractivity contribution in [3.05, 3.63) is 0 Å². The summed E-state index contributed by atoms with van der Waals surface area (Å²) in [5.41, 5.74) is 0. The van der Waals surface area contributed by atoms with Gasteiger partial charge in [-0.05, 0) is 24.7 Å². The third-order valence-corrected chi connectivity index (χ3v) is 6.90. The molecule has 1 N–H and O–H groups in total. The molecule has 0 spiro atoms. The summed E-state index contributed by atoms with van der Waals surface area (Å²) in [5.74, 6) is 1.66. The van der Waals surface area contributed by atoms with Gasteiger partial charge in [0.15, 0.2) is 9.84 Å². The first kappa shape index (κ1) is 11.0. The molecule has 0 amide bonds. The van der Waals surface area contributed by atoms with E-state index >= 15 is 0 Å². The Bertz CT molecular complexity index is 365. The van der Waals surface area contributed by atoms with E-state index in [0.717, 1.165) is 18.8 Å². The van der Waals surface area contributed by atoms with Crippen LogP contribution in [0, 0.1) is 11.8 Å². The van der Waals surface area contributed by atoms with Gasteiger partial charge in [-0.25, -0.2) is 8.42 Å². The molecule has 3 fully saturated rings. The third-order valence-electron chi connectivity index (χ3n) is 4.87. The highest BCUT2D eigenvalue weighted by molar-refractivity contribution is 7.92. The van der Waals surface area contributed by atoms with E-state index in [4.69, 9.17) is 0 Å². The highest BCUT2D eigenvalue weighted by Crippen LogP contribution is 2.42. The number of nitrogens with one attached hydrogen (secondary N) is 1. The predicted octanol–water partition coefficient (Wildman–Crippen LogP) is 1.69. The Morgan fingerprint density at radius 2 is 1.69 bits per heavy atom. The smallest absolute Gasteiger partial charge is 0.167 e. The summed E-state index contributed by atoms with van der Waals surface area (Å²) in [6.45, 7) is 0. The van der Waals surface area contributed by atoms with Gasteiger partial charge in [0.2, 0.25) is 0 Å². The van der Waals surface area contributed by atoms with E-state index in [1.807, 2.05) is 0 Å². The van der Waals surface area contributed by atoms with Crippen molar-refractivity contribution in [1.29, 1.82) is 0 Å². The summed E-state index contributed by atoms with van der Waals surface area (Å²) >= 11 is 0. The van der Waals surface area contributed by atoms with E-state index in [1.165, 1.54) is 32.1 Å². The minimum Gasteiger partial charge on any atom is -0.299 e. The molecule has 4 heteroatoms. The predicted molar refractivity (Wildman–Crippen MR) is 63.8 cm³/mol. The molecule has 3 aliphatic rings. The van der Waals surface area contributed by atoms with Crippen molar-refractivity contribution in [3.8, 4) is 0 Å². The normalized spacial score (nSPS) is 46.8. The van der Waals surface area contributed by atoms with Gasteiger partial charge in [0.25, 0.3) is 0 Å². The number of hydrogen-bond acceptors (Lipinski definition) is 3. The summed E-state index contributed by atoms with van der Waals surface area (Å²) in [6, 6.07) is 0.276. The van der Waals surface area contributed by atoms with Gasteiger partial charge >= 0.3 is 0 Å². The van der Waals surface area contributed by atoms with Crippen LogP contribution in [0.4, 0.5) is 0 Å². The van der Waals surface area contributed by atoms with Gasteiger partial charge in [0, 0.05) is 6.04 Å². The second-order valence-electron chi connectivity index (χ2n) is 5.71. The molecule has 0 bridgehead atoms. The molecule has 3 nitrogen and oxygen atoms in total. The molecule has 0 aromatic rings. The molecule has 1 saturated heterocycles. The van der Waals surface area contributed by atoms with Gasteiger partial charge in [-0.3, -0.25) is 5.32 Å². The largest absolute Gasteiger partial charge is 0.299 e. The second kappa shape index (κ2) is 3.98. The van der Waals surface area contributed by atoms with Crippen molar-refractivity contribution in [3.63, 3.8) is 0 Å². The van der Waals surface area contributed by atoms with Gasteiger partial charge in [-0.2, -0.15) is 0 Å². The highest BCUT2D eigenvalue weighted by atomic mass is 32.2. The van der Waals surface area contributed by atoms with Crippen LogP contribution < -0.4 is 5.32 Å². The van der Waals surface area contributed by atoms with Crippen molar-refractivity contribution in [2.24, 2.45) is 11.8 Å². The van der Waals surface area contributed by atoms with E-state index in [-0.39, 0.29) is 17.2 Å². The van der Waals surface area contributed by atoms with Crippen LogP contribution in [0.1, 0.15) is 44.9 Å². The maximum atomic E-state index is 12.0. The molecule has 2 aliphatic carbocycles. The molecule has 0 radical (unpaired) electrons. The maximum absolute atomic E-state index is 12.0. The van der Waals surface area contributed by atoms with Gasteiger partial charge in [0.05, 0.1) is 11.1 Å². The van der Waals surface area contributed by atoms with E-state index < -0.39 is 9.84 Å². The topological polar surface area (TPSA) is 46.2 Å².